The molecule has 0 amide bonds. The van der Waals surface area contributed by atoms with Crippen molar-refractivity contribution < 1.29 is 5.11 Å². The van der Waals surface area contributed by atoms with Crippen molar-refractivity contribution in [2.24, 2.45) is 11.7 Å². The predicted molar refractivity (Wildman–Crippen MR) is 101 cm³/mol. The Bertz CT molecular complexity index is 539. The molecule has 0 spiro atoms. The van der Waals surface area contributed by atoms with Crippen molar-refractivity contribution in [3.63, 3.8) is 0 Å². The molecule has 0 radical (unpaired) electrons. The molecule has 4 heteroatoms. The van der Waals surface area contributed by atoms with E-state index in [1.807, 2.05) is 18.3 Å². The van der Waals surface area contributed by atoms with E-state index < -0.39 is 0 Å². The van der Waals surface area contributed by atoms with E-state index in [2.05, 4.69) is 59.9 Å². The summed E-state index contributed by atoms with van der Waals surface area (Å²) in [5.41, 5.74) is 8.20. The van der Waals surface area contributed by atoms with E-state index in [0.29, 0.717) is 5.92 Å². The van der Waals surface area contributed by atoms with Crippen molar-refractivity contribution in [3.05, 3.63) is 65.5 Å². The molecule has 0 fully saturated rings. The fraction of sp³-hybridized carbons (Fsp3) is 0.450. The fourth-order valence-corrected chi connectivity index (χ4v) is 2.59. The zero-order valence-corrected chi connectivity index (χ0v) is 15.2. The predicted octanol–water partition coefficient (Wildman–Crippen LogP) is 2.85. The van der Waals surface area contributed by atoms with Crippen LogP contribution in [0.1, 0.15) is 30.2 Å². The summed E-state index contributed by atoms with van der Waals surface area (Å²) < 4.78 is 0. The second kappa shape index (κ2) is 11.7. The summed E-state index contributed by atoms with van der Waals surface area (Å²) in [6.45, 7) is 4.16. The van der Waals surface area contributed by atoms with Gasteiger partial charge in [0, 0.05) is 25.9 Å². The summed E-state index contributed by atoms with van der Waals surface area (Å²) in [4.78, 5) is 6.62. The van der Waals surface area contributed by atoms with Crippen LogP contribution < -0.4 is 5.73 Å². The highest BCUT2D eigenvalue weighted by Crippen LogP contribution is 2.14. The second-order valence-electron chi connectivity index (χ2n) is 5.97. The standard InChI is InChI=1S/C19H26N2O.CH5N/c1-3-16(15-22)12-17-7-9-18(10-8-17)13-21(2)14-19-6-4-5-11-20-19;1-2/h4-11,16,22H,3,12-15H2,1-2H3;2H2,1H3. The van der Waals surface area contributed by atoms with Gasteiger partial charge in [-0.25, -0.2) is 0 Å². The lowest BCUT2D eigenvalue weighted by Gasteiger charge is -2.17. The molecule has 0 saturated carbocycles. The van der Waals surface area contributed by atoms with E-state index in [4.69, 9.17) is 0 Å². The van der Waals surface area contributed by atoms with Crippen molar-refractivity contribution in [2.75, 3.05) is 20.7 Å². The Balaban J connectivity index is 0.00000139. The first-order valence-electron chi connectivity index (χ1n) is 8.56. The molecule has 132 valence electrons. The second-order valence-corrected chi connectivity index (χ2v) is 5.97. The molecule has 1 unspecified atom stereocenters. The summed E-state index contributed by atoms with van der Waals surface area (Å²) in [5.74, 6) is 0.373. The maximum atomic E-state index is 9.29. The van der Waals surface area contributed by atoms with Crippen LogP contribution in [0.15, 0.2) is 48.7 Å². The smallest absolute Gasteiger partial charge is 0.0543 e. The Morgan fingerprint density at radius 1 is 1.04 bits per heavy atom. The number of rotatable bonds is 8. The maximum absolute atomic E-state index is 9.29. The number of nitrogens with zero attached hydrogens (tertiary/aromatic N) is 2. The molecule has 1 heterocycles. The number of aliphatic hydroxyl groups excluding tert-OH is 1. The number of nitrogens with two attached hydrogens (primary N) is 1. The van der Waals surface area contributed by atoms with Crippen molar-refractivity contribution >= 4 is 0 Å². The molecule has 0 aliphatic carbocycles. The van der Waals surface area contributed by atoms with Gasteiger partial charge in [0.15, 0.2) is 0 Å². The normalized spacial score (nSPS) is 11.8. The minimum absolute atomic E-state index is 0.269. The lowest BCUT2D eigenvalue weighted by atomic mass is 9.97. The molecule has 3 N–H and O–H groups in total. The van der Waals surface area contributed by atoms with Gasteiger partial charge in [0.05, 0.1) is 5.69 Å². The van der Waals surface area contributed by atoms with Gasteiger partial charge in [0.1, 0.15) is 0 Å². The van der Waals surface area contributed by atoms with Gasteiger partial charge in [0.2, 0.25) is 0 Å². The molecule has 1 atom stereocenters. The maximum Gasteiger partial charge on any atom is 0.0543 e. The molecule has 1 aromatic carbocycles. The van der Waals surface area contributed by atoms with Gasteiger partial charge in [-0.15, -0.1) is 0 Å². The van der Waals surface area contributed by atoms with E-state index in [1.54, 1.807) is 0 Å². The first-order chi connectivity index (χ1) is 11.7. The van der Waals surface area contributed by atoms with Crippen LogP contribution in [0.25, 0.3) is 0 Å². The van der Waals surface area contributed by atoms with Crippen molar-refractivity contribution in [2.45, 2.75) is 32.9 Å². The highest BCUT2D eigenvalue weighted by Gasteiger charge is 2.07. The van der Waals surface area contributed by atoms with Gasteiger partial charge in [0.25, 0.3) is 0 Å². The summed E-state index contributed by atoms with van der Waals surface area (Å²) >= 11 is 0. The SMILES string of the molecule is CCC(CO)Cc1ccc(CN(C)Cc2ccccn2)cc1.CN. The first kappa shape index (κ1) is 20.3. The third kappa shape index (κ3) is 7.21. The van der Waals surface area contributed by atoms with Crippen LogP contribution in [-0.2, 0) is 19.5 Å². The lowest BCUT2D eigenvalue weighted by Crippen LogP contribution is -2.17. The fourth-order valence-electron chi connectivity index (χ4n) is 2.59. The minimum Gasteiger partial charge on any atom is -0.396 e. The van der Waals surface area contributed by atoms with Crippen LogP contribution in [0, 0.1) is 5.92 Å². The molecular formula is C20H31N3O. The number of aromatic nitrogens is 1. The number of hydrogen-bond donors (Lipinski definition) is 2. The summed E-state index contributed by atoms with van der Waals surface area (Å²) in [7, 11) is 3.61. The van der Waals surface area contributed by atoms with Gasteiger partial charge in [-0.3, -0.25) is 9.88 Å². The van der Waals surface area contributed by atoms with E-state index in [-0.39, 0.29) is 6.61 Å². The molecule has 24 heavy (non-hydrogen) atoms. The van der Waals surface area contributed by atoms with E-state index in [1.165, 1.54) is 18.2 Å². The van der Waals surface area contributed by atoms with E-state index in [0.717, 1.165) is 31.6 Å². The monoisotopic (exact) mass is 329 g/mol. The van der Waals surface area contributed by atoms with E-state index >= 15 is 0 Å². The number of hydrogen-bond acceptors (Lipinski definition) is 4. The van der Waals surface area contributed by atoms with E-state index in [9.17, 15) is 5.11 Å². The van der Waals surface area contributed by atoms with Gasteiger partial charge in [-0.2, -0.15) is 0 Å². The molecule has 0 aliphatic rings. The summed E-state index contributed by atoms with van der Waals surface area (Å²) in [6, 6.07) is 14.8. The lowest BCUT2D eigenvalue weighted by molar-refractivity contribution is 0.222. The van der Waals surface area contributed by atoms with Crippen molar-refractivity contribution in [1.29, 1.82) is 0 Å². The van der Waals surface area contributed by atoms with Crippen LogP contribution in [0.2, 0.25) is 0 Å². The Hall–Kier alpha value is -1.75. The Kier molecular flexibility index (Phi) is 9.92. The molecule has 4 nitrogen and oxygen atoms in total. The van der Waals surface area contributed by atoms with Crippen LogP contribution >= 0.6 is 0 Å². The number of aliphatic hydroxyl groups is 1. The van der Waals surface area contributed by atoms with Gasteiger partial charge >= 0.3 is 0 Å². The molecule has 1 aromatic heterocycles. The topological polar surface area (TPSA) is 62.4 Å². The largest absolute Gasteiger partial charge is 0.396 e. The van der Waals surface area contributed by atoms with Crippen molar-refractivity contribution in [1.82, 2.24) is 9.88 Å². The minimum atomic E-state index is 0.269. The third-order valence-corrected chi connectivity index (χ3v) is 3.99. The Morgan fingerprint density at radius 3 is 2.25 bits per heavy atom. The highest BCUT2D eigenvalue weighted by molar-refractivity contribution is 5.23. The summed E-state index contributed by atoms with van der Waals surface area (Å²) in [5, 5.41) is 9.29. The first-order valence-corrected chi connectivity index (χ1v) is 8.56. The van der Waals surface area contributed by atoms with Gasteiger partial charge in [-0.1, -0.05) is 43.7 Å². The molecule has 0 aliphatic heterocycles. The molecule has 2 aromatic rings. The molecular weight excluding hydrogens is 298 g/mol. The average Bonchev–Trinajstić information content (AvgIpc) is 2.63. The van der Waals surface area contributed by atoms with Gasteiger partial charge in [-0.05, 0) is 49.7 Å². The van der Waals surface area contributed by atoms with Crippen LogP contribution in [0.5, 0.6) is 0 Å². The zero-order chi connectivity index (χ0) is 17.8. The number of benzene rings is 1. The molecule has 2 rings (SSSR count). The van der Waals surface area contributed by atoms with Crippen molar-refractivity contribution in [3.8, 4) is 0 Å². The third-order valence-electron chi connectivity index (χ3n) is 3.99. The quantitative estimate of drug-likeness (QED) is 0.782. The van der Waals surface area contributed by atoms with Crippen LogP contribution in [0.3, 0.4) is 0 Å². The van der Waals surface area contributed by atoms with Crippen LogP contribution in [0.4, 0.5) is 0 Å². The van der Waals surface area contributed by atoms with Crippen LogP contribution in [-0.4, -0.2) is 35.7 Å². The number of pyridine rings is 1. The highest BCUT2D eigenvalue weighted by atomic mass is 16.3. The molecule has 0 saturated heterocycles. The Morgan fingerprint density at radius 2 is 1.71 bits per heavy atom. The van der Waals surface area contributed by atoms with Gasteiger partial charge < -0.3 is 10.8 Å². The Labute approximate surface area is 146 Å². The summed E-state index contributed by atoms with van der Waals surface area (Å²) in [6.07, 6.45) is 3.81. The average molecular weight is 329 g/mol. The zero-order valence-electron chi connectivity index (χ0n) is 15.2. The molecule has 0 bridgehead atoms.